The van der Waals surface area contributed by atoms with Crippen LogP contribution in [0, 0.1) is 12.7 Å². The Labute approximate surface area is 162 Å². The molecule has 4 nitrogen and oxygen atoms in total. The Hall–Kier alpha value is -2.60. The quantitative estimate of drug-likeness (QED) is 0.767. The fourth-order valence-electron chi connectivity index (χ4n) is 2.87. The lowest BCUT2D eigenvalue weighted by atomic mass is 9.89. The summed E-state index contributed by atoms with van der Waals surface area (Å²) in [7, 11) is 0. The summed E-state index contributed by atoms with van der Waals surface area (Å²) >= 11 is 1.51. The van der Waals surface area contributed by atoms with Crippen LogP contribution in [0.25, 0.3) is 6.08 Å². The third-order valence-corrected chi connectivity index (χ3v) is 5.34. The molecule has 1 aliphatic rings. The third-order valence-electron chi connectivity index (χ3n) is 4.55. The lowest BCUT2D eigenvalue weighted by Gasteiger charge is -2.30. The maximum Gasteiger partial charge on any atom is 0.248 e. The van der Waals surface area contributed by atoms with Crippen LogP contribution in [0.2, 0.25) is 0 Å². The van der Waals surface area contributed by atoms with Crippen molar-refractivity contribution in [2.75, 3.05) is 11.1 Å². The average molecular weight is 383 g/mol. The van der Waals surface area contributed by atoms with E-state index in [2.05, 4.69) is 10.3 Å². The van der Waals surface area contributed by atoms with E-state index in [-0.39, 0.29) is 11.6 Å². The number of anilines is 1. The number of nitrogens with two attached hydrogens (primary N) is 1. The molecule has 0 spiro atoms. The number of nitrogens with zero attached hydrogens (tertiary/aromatic N) is 1. The van der Waals surface area contributed by atoms with Gasteiger partial charge in [0.25, 0.3) is 0 Å². The van der Waals surface area contributed by atoms with Gasteiger partial charge in [0, 0.05) is 11.8 Å². The molecule has 0 aliphatic carbocycles. The van der Waals surface area contributed by atoms with Gasteiger partial charge in [-0.15, -0.1) is 0 Å². The zero-order chi connectivity index (χ0) is 19.4. The molecule has 1 heterocycles. The molecule has 0 saturated carbocycles. The molecular formula is C21H22FN3OS. The van der Waals surface area contributed by atoms with Crippen LogP contribution in [0.15, 0.2) is 53.5 Å². The van der Waals surface area contributed by atoms with Crippen LogP contribution >= 0.6 is 11.8 Å². The van der Waals surface area contributed by atoms with Crippen LogP contribution < -0.4 is 11.1 Å². The van der Waals surface area contributed by atoms with Crippen molar-refractivity contribution in [2.24, 2.45) is 10.7 Å². The van der Waals surface area contributed by atoms with E-state index in [1.165, 1.54) is 23.9 Å². The van der Waals surface area contributed by atoms with E-state index >= 15 is 0 Å². The van der Waals surface area contributed by atoms with Gasteiger partial charge >= 0.3 is 0 Å². The van der Waals surface area contributed by atoms with Crippen molar-refractivity contribution in [1.82, 2.24) is 0 Å². The molecule has 140 valence electrons. The minimum Gasteiger partial charge on any atom is -0.379 e. The predicted molar refractivity (Wildman–Crippen MR) is 111 cm³/mol. The summed E-state index contributed by atoms with van der Waals surface area (Å²) in [5.41, 5.74) is 8.36. The lowest BCUT2D eigenvalue weighted by molar-refractivity contribution is -0.111. The monoisotopic (exact) mass is 383 g/mol. The molecule has 2 aromatic carbocycles. The van der Waals surface area contributed by atoms with Gasteiger partial charge in [0.15, 0.2) is 5.17 Å². The minimum atomic E-state index is -0.514. The summed E-state index contributed by atoms with van der Waals surface area (Å²) in [5, 5.41) is 3.14. The number of thioether (sulfide) groups is 1. The number of amidine groups is 1. The first-order chi connectivity index (χ1) is 12.9. The first-order valence-electron chi connectivity index (χ1n) is 8.70. The van der Waals surface area contributed by atoms with E-state index in [4.69, 9.17) is 5.73 Å². The molecule has 1 unspecified atom stereocenters. The Morgan fingerprint density at radius 3 is 2.74 bits per heavy atom. The summed E-state index contributed by atoms with van der Waals surface area (Å²) in [4.78, 5) is 16.7. The SMILES string of the molecule is Cc1ccc(/C=C/C(=O)Nc2cc(C3(C)CCSC(N)=N3)ccc2F)cc1. The zero-order valence-corrected chi connectivity index (χ0v) is 16.1. The highest BCUT2D eigenvalue weighted by Crippen LogP contribution is 2.36. The summed E-state index contributed by atoms with van der Waals surface area (Å²) in [6.07, 6.45) is 3.89. The van der Waals surface area contributed by atoms with Gasteiger partial charge in [-0.05, 0) is 49.6 Å². The van der Waals surface area contributed by atoms with Crippen molar-refractivity contribution in [3.05, 3.63) is 71.0 Å². The minimum absolute atomic E-state index is 0.138. The van der Waals surface area contributed by atoms with Gasteiger partial charge in [-0.25, -0.2) is 4.39 Å². The van der Waals surface area contributed by atoms with E-state index in [9.17, 15) is 9.18 Å². The highest BCUT2D eigenvalue weighted by molar-refractivity contribution is 8.13. The van der Waals surface area contributed by atoms with Crippen LogP contribution in [0.5, 0.6) is 0 Å². The number of nitrogens with one attached hydrogen (secondary N) is 1. The van der Waals surface area contributed by atoms with Crippen molar-refractivity contribution in [3.63, 3.8) is 0 Å². The number of hydrogen-bond acceptors (Lipinski definition) is 4. The number of rotatable bonds is 4. The summed E-state index contributed by atoms with van der Waals surface area (Å²) in [6.45, 7) is 3.97. The van der Waals surface area contributed by atoms with E-state index in [1.807, 2.05) is 38.1 Å². The van der Waals surface area contributed by atoms with Gasteiger partial charge in [-0.3, -0.25) is 9.79 Å². The molecule has 0 saturated heterocycles. The molecular weight excluding hydrogens is 361 g/mol. The molecule has 6 heteroatoms. The molecule has 3 rings (SSSR count). The third kappa shape index (κ3) is 4.77. The number of amides is 1. The van der Waals surface area contributed by atoms with Crippen molar-refractivity contribution in [3.8, 4) is 0 Å². The van der Waals surface area contributed by atoms with Gasteiger partial charge in [-0.1, -0.05) is 47.7 Å². The fourth-order valence-corrected chi connectivity index (χ4v) is 3.85. The molecule has 1 amide bonds. The first kappa shape index (κ1) is 19.2. The second kappa shape index (κ2) is 7.96. The number of aliphatic imine (C=N–C) groups is 1. The lowest BCUT2D eigenvalue weighted by Crippen LogP contribution is -2.29. The van der Waals surface area contributed by atoms with Crippen LogP contribution in [-0.4, -0.2) is 16.8 Å². The standard InChI is InChI=1S/C21H22FN3OS/c1-14-3-5-15(6-4-14)7-10-19(26)24-18-13-16(8-9-17(18)22)21(2)11-12-27-20(23)25-21/h3-10,13H,11-12H2,1-2H3,(H2,23,25)(H,24,26)/b10-7+. The molecule has 0 fully saturated rings. The fraction of sp³-hybridized carbons (Fsp3) is 0.238. The van der Waals surface area contributed by atoms with Gasteiger partial charge in [0.05, 0.1) is 11.2 Å². The Morgan fingerprint density at radius 2 is 2.04 bits per heavy atom. The summed E-state index contributed by atoms with van der Waals surface area (Å²) in [5.74, 6) is -0.0231. The van der Waals surface area contributed by atoms with Crippen molar-refractivity contribution in [2.45, 2.75) is 25.8 Å². The molecule has 0 bridgehead atoms. The van der Waals surface area contributed by atoms with Gasteiger partial charge in [0.1, 0.15) is 5.82 Å². The summed E-state index contributed by atoms with van der Waals surface area (Å²) < 4.78 is 14.2. The maximum atomic E-state index is 14.2. The number of halogens is 1. The Kier molecular flexibility index (Phi) is 5.65. The van der Waals surface area contributed by atoms with Crippen molar-refractivity contribution in [1.29, 1.82) is 0 Å². The van der Waals surface area contributed by atoms with Gasteiger partial charge in [0.2, 0.25) is 5.91 Å². The van der Waals surface area contributed by atoms with Crippen LogP contribution in [0.1, 0.15) is 30.0 Å². The molecule has 0 radical (unpaired) electrons. The van der Waals surface area contributed by atoms with Crippen molar-refractivity contribution < 1.29 is 9.18 Å². The van der Waals surface area contributed by atoms with E-state index in [0.29, 0.717) is 5.17 Å². The highest BCUT2D eigenvalue weighted by Gasteiger charge is 2.30. The molecule has 3 N–H and O–H groups in total. The number of aryl methyl sites for hydroxylation is 1. The Bertz CT molecular complexity index is 908. The number of carbonyl (C=O) groups is 1. The number of carbonyl (C=O) groups excluding carboxylic acids is 1. The Balaban J connectivity index is 1.77. The topological polar surface area (TPSA) is 67.5 Å². The number of benzene rings is 2. The zero-order valence-electron chi connectivity index (χ0n) is 15.3. The van der Waals surface area contributed by atoms with Crippen LogP contribution in [-0.2, 0) is 10.3 Å². The Morgan fingerprint density at radius 1 is 1.30 bits per heavy atom. The van der Waals surface area contributed by atoms with E-state index in [0.717, 1.165) is 28.9 Å². The van der Waals surface area contributed by atoms with E-state index < -0.39 is 11.4 Å². The molecule has 0 aromatic heterocycles. The van der Waals surface area contributed by atoms with Gasteiger partial charge < -0.3 is 11.1 Å². The smallest absolute Gasteiger partial charge is 0.248 e. The normalized spacial score (nSPS) is 19.7. The van der Waals surface area contributed by atoms with Crippen molar-refractivity contribution >= 4 is 34.6 Å². The second-order valence-electron chi connectivity index (χ2n) is 6.75. The largest absolute Gasteiger partial charge is 0.379 e. The van der Waals surface area contributed by atoms with Crippen LogP contribution in [0.4, 0.5) is 10.1 Å². The first-order valence-corrected chi connectivity index (χ1v) is 9.68. The molecule has 2 aromatic rings. The maximum absolute atomic E-state index is 14.2. The number of hydrogen-bond donors (Lipinski definition) is 2. The molecule has 1 aliphatic heterocycles. The predicted octanol–water partition coefficient (Wildman–Crippen LogP) is 4.45. The van der Waals surface area contributed by atoms with Gasteiger partial charge in [-0.2, -0.15) is 0 Å². The highest BCUT2D eigenvalue weighted by atomic mass is 32.2. The second-order valence-corrected chi connectivity index (χ2v) is 7.87. The molecule has 27 heavy (non-hydrogen) atoms. The average Bonchev–Trinajstić information content (AvgIpc) is 2.63. The molecule has 1 atom stereocenters. The van der Waals surface area contributed by atoms with E-state index in [1.54, 1.807) is 18.2 Å². The summed E-state index contributed by atoms with van der Waals surface area (Å²) in [6, 6.07) is 12.5. The van der Waals surface area contributed by atoms with Crippen LogP contribution in [0.3, 0.4) is 0 Å².